The largest absolute Gasteiger partial charge is 0.393 e. The number of benzene rings is 2. The smallest absolute Gasteiger partial charge is 0.0288 e. The molecule has 1 heterocycles. The van der Waals surface area contributed by atoms with E-state index in [4.69, 9.17) is 0 Å². The fourth-order valence-electron chi connectivity index (χ4n) is 2.06. The van der Waals surface area contributed by atoms with E-state index < -0.39 is 0 Å². The van der Waals surface area contributed by atoms with E-state index in [2.05, 4.69) is 54.5 Å². The molecule has 3 heteroatoms. The number of anilines is 2. The Morgan fingerprint density at radius 3 is 2.25 bits per heavy atom. The molecule has 1 N–H and O–H groups in total. The Labute approximate surface area is 170 Å². The molecule has 0 atom stereocenters. The molecule has 0 bridgehead atoms. The fourth-order valence-corrected chi connectivity index (χ4v) is 2.06. The first-order valence-corrected chi connectivity index (χ1v) is 7.95. The molecule has 0 aliphatic heterocycles. The van der Waals surface area contributed by atoms with Crippen LogP contribution in [-0.4, -0.2) is 4.98 Å². The minimum absolute atomic E-state index is 0. The molecule has 0 amide bonds. The second kappa shape index (κ2) is 11.9. The molecule has 121 valence electrons. The van der Waals surface area contributed by atoms with Crippen LogP contribution in [0.4, 0.5) is 11.5 Å². The number of aryl methyl sites for hydroxylation is 2. The van der Waals surface area contributed by atoms with Gasteiger partial charge in [-0.1, -0.05) is 38.6 Å². The van der Waals surface area contributed by atoms with Crippen molar-refractivity contribution in [3.63, 3.8) is 0 Å². The first-order chi connectivity index (χ1) is 11.3. The molecule has 24 heavy (non-hydrogen) atoms. The molecule has 0 spiro atoms. The predicted molar refractivity (Wildman–Crippen MR) is 96.8 cm³/mol. The Kier molecular flexibility index (Phi) is 10.2. The number of pyridine rings is 1. The number of hydrogen-bond donors (Lipinski definition) is 1. The van der Waals surface area contributed by atoms with Crippen LogP contribution in [-0.2, 0) is 45.6 Å². The van der Waals surface area contributed by atoms with Gasteiger partial charge in [0.15, 0.2) is 0 Å². The molecule has 1 aromatic heterocycles. The summed E-state index contributed by atoms with van der Waals surface area (Å²) in [6.45, 7) is 4.29. The van der Waals surface area contributed by atoms with Crippen molar-refractivity contribution in [2.24, 2.45) is 0 Å². The topological polar surface area (TPSA) is 24.9 Å². The summed E-state index contributed by atoms with van der Waals surface area (Å²) in [5.74, 6) is 0.825. The Bertz CT molecular complexity index is 684. The van der Waals surface area contributed by atoms with Gasteiger partial charge in [-0.3, -0.25) is 0 Å². The number of rotatable bonds is 4. The zero-order valence-corrected chi connectivity index (χ0v) is 17.1. The van der Waals surface area contributed by atoms with E-state index in [9.17, 15) is 0 Å². The van der Waals surface area contributed by atoms with Crippen LogP contribution in [0.25, 0.3) is 0 Å². The first-order valence-electron chi connectivity index (χ1n) is 7.95. The number of nitrogens with one attached hydrogen (secondary N) is 1. The molecule has 0 fully saturated rings. The number of nitrogens with zero attached hydrogens (tertiary/aromatic N) is 1. The van der Waals surface area contributed by atoms with E-state index >= 15 is 0 Å². The standard InChI is InChI=1S/C13H13N2.C8H9.Y/c1-2-11-6-5-7-12(10-11)15-13-8-3-4-9-14-13;1-2-8-6-4-3-5-7-8;/h4-10H,2H2,1H3,(H,14,15);3-4,6-7H,2H2,1H3;/q2*-1;. The van der Waals surface area contributed by atoms with Crippen molar-refractivity contribution in [3.8, 4) is 0 Å². The molecule has 3 aromatic rings. The third kappa shape index (κ3) is 7.38. The maximum absolute atomic E-state index is 4.19. The van der Waals surface area contributed by atoms with E-state index in [1.807, 2.05) is 36.4 Å². The average Bonchev–Trinajstić information content (AvgIpc) is 2.64. The molecule has 2 nitrogen and oxygen atoms in total. The summed E-state index contributed by atoms with van der Waals surface area (Å²) in [5.41, 5.74) is 3.74. The second-order valence-electron chi connectivity index (χ2n) is 5.09. The van der Waals surface area contributed by atoms with E-state index in [1.54, 1.807) is 12.3 Å². The van der Waals surface area contributed by atoms with Crippen molar-refractivity contribution < 1.29 is 32.7 Å². The van der Waals surface area contributed by atoms with Crippen molar-refractivity contribution in [3.05, 3.63) is 90.1 Å². The van der Waals surface area contributed by atoms with E-state index in [1.165, 1.54) is 11.1 Å². The summed E-state index contributed by atoms with van der Waals surface area (Å²) in [4.78, 5) is 4.19. The van der Waals surface area contributed by atoms with Gasteiger partial charge in [0.2, 0.25) is 0 Å². The minimum atomic E-state index is 0. The minimum Gasteiger partial charge on any atom is -0.393 e. The van der Waals surface area contributed by atoms with E-state index in [0.717, 1.165) is 24.3 Å². The van der Waals surface area contributed by atoms with Gasteiger partial charge in [0, 0.05) is 44.2 Å². The van der Waals surface area contributed by atoms with Crippen molar-refractivity contribution in [1.29, 1.82) is 0 Å². The van der Waals surface area contributed by atoms with Crippen molar-refractivity contribution in [2.45, 2.75) is 26.7 Å². The van der Waals surface area contributed by atoms with Gasteiger partial charge in [-0.15, -0.1) is 6.07 Å². The zero-order chi connectivity index (χ0) is 16.3. The van der Waals surface area contributed by atoms with Gasteiger partial charge in [-0.2, -0.15) is 48.0 Å². The van der Waals surface area contributed by atoms with Gasteiger partial charge in [0.25, 0.3) is 0 Å². The van der Waals surface area contributed by atoms with Crippen LogP contribution < -0.4 is 5.32 Å². The Hall–Kier alpha value is -1.51. The van der Waals surface area contributed by atoms with Crippen LogP contribution >= 0.6 is 0 Å². The summed E-state index contributed by atoms with van der Waals surface area (Å²) in [6.07, 6.45) is 3.88. The molecule has 1 radical (unpaired) electrons. The van der Waals surface area contributed by atoms with Crippen LogP contribution in [0.1, 0.15) is 25.0 Å². The summed E-state index contributed by atoms with van der Waals surface area (Å²) >= 11 is 0. The number of hydrogen-bond acceptors (Lipinski definition) is 2. The fraction of sp³-hybridized carbons (Fsp3) is 0.190. The summed E-state index contributed by atoms with van der Waals surface area (Å²) in [6, 6.07) is 26.0. The normalized spacial score (nSPS) is 9.25. The molecule has 0 unspecified atom stereocenters. The Balaban J connectivity index is 0.000000273. The Morgan fingerprint density at radius 1 is 0.917 bits per heavy atom. The van der Waals surface area contributed by atoms with E-state index in [0.29, 0.717) is 0 Å². The average molecular weight is 391 g/mol. The molecular weight excluding hydrogens is 369 g/mol. The summed E-state index contributed by atoms with van der Waals surface area (Å²) < 4.78 is 0. The van der Waals surface area contributed by atoms with Gasteiger partial charge in [-0.25, -0.2) is 0 Å². The maximum Gasteiger partial charge on any atom is 0.0288 e. The maximum atomic E-state index is 4.19. The molecule has 2 aromatic carbocycles. The predicted octanol–water partition coefficient (Wildman–Crippen LogP) is 5.23. The van der Waals surface area contributed by atoms with Crippen LogP contribution in [0.5, 0.6) is 0 Å². The quantitative estimate of drug-likeness (QED) is 0.616. The molecular formula is C21H22N2Y-2. The van der Waals surface area contributed by atoms with Gasteiger partial charge in [0.05, 0.1) is 0 Å². The summed E-state index contributed by atoms with van der Waals surface area (Å²) in [5, 5.41) is 3.24. The molecule has 0 aliphatic carbocycles. The van der Waals surface area contributed by atoms with Crippen LogP contribution in [0, 0.1) is 12.1 Å². The van der Waals surface area contributed by atoms with Crippen LogP contribution in [0.3, 0.4) is 0 Å². The summed E-state index contributed by atoms with van der Waals surface area (Å²) in [7, 11) is 0. The van der Waals surface area contributed by atoms with Gasteiger partial charge >= 0.3 is 0 Å². The van der Waals surface area contributed by atoms with Gasteiger partial charge in [0.1, 0.15) is 0 Å². The van der Waals surface area contributed by atoms with E-state index in [-0.39, 0.29) is 32.7 Å². The third-order valence-electron chi connectivity index (χ3n) is 3.39. The Morgan fingerprint density at radius 2 is 1.67 bits per heavy atom. The third-order valence-corrected chi connectivity index (χ3v) is 3.39. The van der Waals surface area contributed by atoms with Gasteiger partial charge < -0.3 is 10.3 Å². The molecule has 0 saturated heterocycles. The zero-order valence-electron chi connectivity index (χ0n) is 14.3. The first kappa shape index (κ1) is 20.5. The van der Waals surface area contributed by atoms with Crippen LogP contribution in [0.2, 0.25) is 0 Å². The van der Waals surface area contributed by atoms with Gasteiger partial charge in [-0.05, 0) is 24.1 Å². The molecule has 0 saturated carbocycles. The second-order valence-corrected chi connectivity index (χ2v) is 5.09. The van der Waals surface area contributed by atoms with Crippen molar-refractivity contribution >= 4 is 11.5 Å². The molecule has 3 rings (SSSR count). The van der Waals surface area contributed by atoms with Crippen molar-refractivity contribution in [1.82, 2.24) is 4.98 Å². The van der Waals surface area contributed by atoms with Crippen LogP contribution in [0.15, 0.2) is 66.9 Å². The molecule has 0 aliphatic rings. The number of aromatic nitrogens is 1. The van der Waals surface area contributed by atoms with Crippen molar-refractivity contribution in [2.75, 3.05) is 5.32 Å². The monoisotopic (exact) mass is 391 g/mol. The SMILES string of the molecule is CCc1c[c-]ccc1.CCc1cccc(Nc2c[c-]ccn2)c1.[Y].